The quantitative estimate of drug-likeness (QED) is 0.479. The lowest BCUT2D eigenvalue weighted by molar-refractivity contribution is 0.101. The Balaban J connectivity index is 1.60. The molecule has 0 atom stereocenters. The van der Waals surface area contributed by atoms with Crippen LogP contribution < -0.4 is 5.32 Å². The number of rotatable bonds is 6. The Hall–Kier alpha value is -1.96. The van der Waals surface area contributed by atoms with E-state index in [9.17, 15) is 9.18 Å². The second-order valence-corrected chi connectivity index (χ2v) is 7.34. The summed E-state index contributed by atoms with van der Waals surface area (Å²) in [4.78, 5) is 12.0. The van der Waals surface area contributed by atoms with Crippen LogP contribution in [0.3, 0.4) is 0 Å². The molecule has 1 aromatic heterocycles. The number of hydrogen-bond acceptors (Lipinski definition) is 6. The van der Waals surface area contributed by atoms with E-state index in [1.54, 1.807) is 24.3 Å². The second-order valence-electron chi connectivity index (χ2n) is 4.70. The maximum atomic E-state index is 13.6. The van der Waals surface area contributed by atoms with Crippen LogP contribution in [0.2, 0.25) is 5.02 Å². The highest BCUT2D eigenvalue weighted by Gasteiger charge is 2.13. The van der Waals surface area contributed by atoms with Gasteiger partial charge in [-0.25, -0.2) is 4.39 Å². The van der Waals surface area contributed by atoms with Crippen molar-refractivity contribution in [2.24, 2.45) is 0 Å². The molecule has 122 valence electrons. The number of benzene rings is 2. The predicted octanol–water partition coefficient (Wildman–Crippen LogP) is 5.05. The Bertz CT molecular complexity index is 872. The Labute approximate surface area is 151 Å². The van der Waals surface area contributed by atoms with Gasteiger partial charge in [-0.2, -0.15) is 0 Å². The fourth-order valence-corrected chi connectivity index (χ4v) is 3.75. The molecule has 0 aliphatic rings. The predicted molar refractivity (Wildman–Crippen MR) is 96.1 cm³/mol. The van der Waals surface area contributed by atoms with Crippen LogP contribution in [0.1, 0.15) is 10.4 Å². The molecule has 0 saturated heterocycles. The van der Waals surface area contributed by atoms with E-state index in [1.165, 1.54) is 35.2 Å². The first kappa shape index (κ1) is 16.9. The molecule has 4 nitrogen and oxygen atoms in total. The minimum atomic E-state index is -0.510. The fraction of sp³-hybridized carbons (Fsp3) is 0.0625. The lowest BCUT2D eigenvalue weighted by atomic mass is 10.1. The molecule has 2 aromatic carbocycles. The van der Waals surface area contributed by atoms with E-state index in [1.807, 2.05) is 12.1 Å². The normalized spacial score (nSPS) is 10.6. The number of hydrogen-bond donors (Lipinski definition) is 1. The van der Waals surface area contributed by atoms with E-state index in [2.05, 4.69) is 15.5 Å². The van der Waals surface area contributed by atoms with Gasteiger partial charge in [0.25, 0.3) is 0 Å². The van der Waals surface area contributed by atoms with Gasteiger partial charge in [-0.15, -0.1) is 10.2 Å². The molecule has 0 bridgehead atoms. The zero-order valence-electron chi connectivity index (χ0n) is 12.2. The maximum Gasteiger partial charge on any atom is 0.210 e. The largest absolute Gasteiger partial charge is 0.330 e. The van der Waals surface area contributed by atoms with Gasteiger partial charge >= 0.3 is 0 Å². The van der Waals surface area contributed by atoms with Crippen molar-refractivity contribution in [3.05, 3.63) is 64.9 Å². The van der Waals surface area contributed by atoms with Crippen molar-refractivity contribution >= 4 is 51.3 Å². The topological polar surface area (TPSA) is 54.9 Å². The van der Waals surface area contributed by atoms with Crippen LogP contribution in [0.15, 0.2) is 52.9 Å². The highest BCUT2D eigenvalue weighted by Crippen LogP contribution is 2.29. The van der Waals surface area contributed by atoms with E-state index in [0.717, 1.165) is 5.69 Å². The molecule has 0 saturated carbocycles. The third-order valence-electron chi connectivity index (χ3n) is 2.98. The highest BCUT2D eigenvalue weighted by atomic mass is 35.5. The smallest absolute Gasteiger partial charge is 0.210 e. The summed E-state index contributed by atoms with van der Waals surface area (Å²) in [7, 11) is 0. The van der Waals surface area contributed by atoms with Gasteiger partial charge in [-0.1, -0.05) is 52.9 Å². The molecule has 0 radical (unpaired) electrons. The Morgan fingerprint density at radius 1 is 1.21 bits per heavy atom. The van der Waals surface area contributed by atoms with Gasteiger partial charge in [0.2, 0.25) is 5.13 Å². The number of halogens is 2. The number of anilines is 2. The summed E-state index contributed by atoms with van der Waals surface area (Å²) >= 11 is 8.47. The number of nitrogens with one attached hydrogen (secondary N) is 1. The van der Waals surface area contributed by atoms with Crippen LogP contribution in [0, 0.1) is 5.82 Å². The molecule has 0 unspecified atom stereocenters. The molecule has 3 aromatic rings. The van der Waals surface area contributed by atoms with E-state index in [-0.39, 0.29) is 17.1 Å². The van der Waals surface area contributed by atoms with E-state index in [0.29, 0.717) is 14.5 Å². The van der Waals surface area contributed by atoms with Gasteiger partial charge in [0.05, 0.1) is 11.3 Å². The zero-order chi connectivity index (χ0) is 16.9. The Morgan fingerprint density at radius 2 is 2.04 bits per heavy atom. The number of carbonyl (C=O) groups is 1. The Kier molecular flexibility index (Phi) is 5.44. The summed E-state index contributed by atoms with van der Waals surface area (Å²) in [5.74, 6) is -0.687. The average Bonchev–Trinajstić information content (AvgIpc) is 3.00. The van der Waals surface area contributed by atoms with Gasteiger partial charge in [-0.05, 0) is 30.3 Å². The third kappa shape index (κ3) is 4.31. The van der Waals surface area contributed by atoms with Gasteiger partial charge in [0, 0.05) is 10.7 Å². The first-order chi connectivity index (χ1) is 11.6. The molecule has 24 heavy (non-hydrogen) atoms. The first-order valence-corrected chi connectivity index (χ1v) is 9.06. The van der Waals surface area contributed by atoms with Crippen molar-refractivity contribution < 1.29 is 9.18 Å². The SMILES string of the molecule is O=C(CSc1nnc(Nc2cccc(Cl)c2)s1)c1ccccc1F. The van der Waals surface area contributed by atoms with Gasteiger partial charge in [-0.3, -0.25) is 4.79 Å². The van der Waals surface area contributed by atoms with Crippen molar-refractivity contribution in [1.82, 2.24) is 10.2 Å². The average molecular weight is 380 g/mol. The molecular formula is C16H11ClFN3OS2. The van der Waals surface area contributed by atoms with Crippen LogP contribution in [0.25, 0.3) is 0 Å². The van der Waals surface area contributed by atoms with Crippen LogP contribution in [-0.2, 0) is 0 Å². The molecule has 0 aliphatic heterocycles. The minimum absolute atomic E-state index is 0.0896. The molecule has 1 N–H and O–H groups in total. The number of ketones is 1. The summed E-state index contributed by atoms with van der Waals surface area (Å²) in [5, 5.41) is 12.3. The molecule has 3 rings (SSSR count). The summed E-state index contributed by atoms with van der Waals surface area (Å²) in [6.07, 6.45) is 0. The van der Waals surface area contributed by atoms with Crippen molar-refractivity contribution in [3.63, 3.8) is 0 Å². The third-order valence-corrected chi connectivity index (χ3v) is 5.19. The monoisotopic (exact) mass is 379 g/mol. The molecule has 0 spiro atoms. The number of Topliss-reactive ketones (excluding diaryl/α,β-unsaturated/α-hetero) is 1. The van der Waals surface area contributed by atoms with Gasteiger partial charge < -0.3 is 5.32 Å². The molecule has 0 amide bonds. The van der Waals surface area contributed by atoms with Crippen molar-refractivity contribution in [2.75, 3.05) is 11.1 Å². The first-order valence-electron chi connectivity index (χ1n) is 6.88. The minimum Gasteiger partial charge on any atom is -0.330 e. The van der Waals surface area contributed by atoms with Crippen molar-refractivity contribution in [1.29, 1.82) is 0 Å². The summed E-state index contributed by atoms with van der Waals surface area (Å²) in [6.45, 7) is 0. The van der Waals surface area contributed by atoms with Crippen LogP contribution in [0.5, 0.6) is 0 Å². The van der Waals surface area contributed by atoms with E-state index < -0.39 is 5.82 Å². The number of aromatic nitrogens is 2. The summed E-state index contributed by atoms with van der Waals surface area (Å²) in [6, 6.07) is 13.2. The number of thioether (sulfide) groups is 1. The standard InChI is InChI=1S/C16H11ClFN3OS2/c17-10-4-3-5-11(8-10)19-15-20-21-16(24-15)23-9-14(22)12-6-1-2-7-13(12)18/h1-8H,9H2,(H,19,20). The molecule has 1 heterocycles. The highest BCUT2D eigenvalue weighted by molar-refractivity contribution is 8.01. The van der Waals surface area contributed by atoms with Crippen LogP contribution in [0.4, 0.5) is 15.2 Å². The van der Waals surface area contributed by atoms with E-state index in [4.69, 9.17) is 11.6 Å². The van der Waals surface area contributed by atoms with Crippen LogP contribution in [-0.4, -0.2) is 21.7 Å². The Morgan fingerprint density at radius 3 is 2.83 bits per heavy atom. The number of nitrogens with zero attached hydrogens (tertiary/aromatic N) is 2. The lowest BCUT2D eigenvalue weighted by Crippen LogP contribution is -2.04. The van der Waals surface area contributed by atoms with Gasteiger partial charge in [0.1, 0.15) is 5.82 Å². The second kappa shape index (κ2) is 7.74. The molecule has 0 aliphatic carbocycles. The molecular weight excluding hydrogens is 369 g/mol. The molecule has 8 heteroatoms. The van der Waals surface area contributed by atoms with E-state index >= 15 is 0 Å². The summed E-state index contributed by atoms with van der Waals surface area (Å²) in [5.41, 5.74) is 0.893. The van der Waals surface area contributed by atoms with Crippen molar-refractivity contribution in [3.8, 4) is 0 Å². The van der Waals surface area contributed by atoms with Crippen molar-refractivity contribution in [2.45, 2.75) is 4.34 Å². The lowest BCUT2D eigenvalue weighted by Gasteiger charge is -2.01. The van der Waals surface area contributed by atoms with Gasteiger partial charge in [0.15, 0.2) is 10.1 Å². The fourth-order valence-electron chi connectivity index (χ4n) is 1.90. The number of carbonyl (C=O) groups excluding carboxylic acids is 1. The maximum absolute atomic E-state index is 13.6. The summed E-state index contributed by atoms with van der Waals surface area (Å²) < 4.78 is 14.2. The molecule has 0 fully saturated rings. The van der Waals surface area contributed by atoms with Crippen LogP contribution >= 0.6 is 34.7 Å². The zero-order valence-corrected chi connectivity index (χ0v) is 14.6.